The van der Waals surface area contributed by atoms with E-state index in [1.807, 2.05) is 13.8 Å². The van der Waals surface area contributed by atoms with Gasteiger partial charge in [-0.2, -0.15) is 4.39 Å². The highest BCUT2D eigenvalue weighted by atomic mass is 19.2. The van der Waals surface area contributed by atoms with E-state index in [0.717, 1.165) is 19.0 Å². The van der Waals surface area contributed by atoms with Crippen LogP contribution in [0.2, 0.25) is 0 Å². The fourth-order valence-electron chi connectivity index (χ4n) is 1.57. The number of halogens is 2. The number of rotatable bonds is 7. The lowest BCUT2D eigenvalue weighted by Gasteiger charge is -2.23. The molecule has 0 aliphatic heterocycles. The lowest BCUT2D eigenvalue weighted by atomic mass is 10.1. The Labute approximate surface area is 107 Å². The molecule has 0 saturated heterocycles. The number of hydrogen-bond donors (Lipinski definition) is 1. The zero-order valence-electron chi connectivity index (χ0n) is 11.2. The Morgan fingerprint density at radius 1 is 1.28 bits per heavy atom. The average molecular weight is 257 g/mol. The second kappa shape index (κ2) is 7.31. The monoisotopic (exact) mass is 257 g/mol. The molecular weight excluding hydrogens is 236 g/mol. The summed E-state index contributed by atoms with van der Waals surface area (Å²) in [6.07, 6.45) is 0.854. The van der Waals surface area contributed by atoms with Gasteiger partial charge >= 0.3 is 0 Å². The van der Waals surface area contributed by atoms with Crippen LogP contribution < -0.4 is 10.1 Å². The molecule has 18 heavy (non-hydrogen) atoms. The van der Waals surface area contributed by atoms with Crippen LogP contribution in [0.5, 0.6) is 5.75 Å². The first-order valence-electron chi connectivity index (χ1n) is 6.37. The summed E-state index contributed by atoms with van der Waals surface area (Å²) in [5.74, 6) is -1.60. The molecule has 0 aliphatic rings. The number of benzene rings is 1. The maximum Gasteiger partial charge on any atom is 0.200 e. The van der Waals surface area contributed by atoms with E-state index in [2.05, 4.69) is 12.2 Å². The van der Waals surface area contributed by atoms with Crippen molar-refractivity contribution in [3.63, 3.8) is 0 Å². The van der Waals surface area contributed by atoms with E-state index in [4.69, 9.17) is 4.74 Å². The maximum absolute atomic E-state index is 13.5. The Kier molecular flexibility index (Phi) is 6.05. The Balaban J connectivity index is 2.68. The highest BCUT2D eigenvalue weighted by Crippen LogP contribution is 2.22. The van der Waals surface area contributed by atoms with Crippen LogP contribution in [0, 0.1) is 17.6 Å². The molecule has 1 aromatic rings. The largest absolute Gasteiger partial charge is 0.486 e. The van der Waals surface area contributed by atoms with Gasteiger partial charge in [-0.05, 0) is 31.0 Å². The first-order chi connectivity index (χ1) is 8.56. The molecule has 0 heterocycles. The Morgan fingerprint density at radius 2 is 2.00 bits per heavy atom. The molecule has 0 saturated carbocycles. The van der Waals surface area contributed by atoms with Crippen LogP contribution in [-0.2, 0) is 0 Å². The fraction of sp³-hybridized carbons (Fsp3) is 0.571. The maximum atomic E-state index is 13.5. The van der Waals surface area contributed by atoms with Crippen LogP contribution >= 0.6 is 0 Å². The lowest BCUT2D eigenvalue weighted by molar-refractivity contribution is 0.141. The van der Waals surface area contributed by atoms with E-state index in [1.54, 1.807) is 0 Å². The van der Waals surface area contributed by atoms with Gasteiger partial charge in [0.15, 0.2) is 11.6 Å². The summed E-state index contributed by atoms with van der Waals surface area (Å²) in [6.45, 7) is 7.58. The van der Waals surface area contributed by atoms with Crippen molar-refractivity contribution < 1.29 is 13.5 Å². The van der Waals surface area contributed by atoms with Crippen molar-refractivity contribution >= 4 is 0 Å². The third kappa shape index (κ3) is 4.26. The molecule has 1 aromatic carbocycles. The molecule has 1 atom stereocenters. The Morgan fingerprint density at radius 3 is 2.61 bits per heavy atom. The summed E-state index contributed by atoms with van der Waals surface area (Å²) in [7, 11) is 0. The smallest absolute Gasteiger partial charge is 0.200 e. The van der Waals surface area contributed by atoms with Crippen molar-refractivity contribution in [2.45, 2.75) is 33.3 Å². The summed E-state index contributed by atoms with van der Waals surface area (Å²) >= 11 is 0. The van der Waals surface area contributed by atoms with E-state index < -0.39 is 11.6 Å². The summed E-state index contributed by atoms with van der Waals surface area (Å²) in [5.41, 5.74) is 0. The zero-order chi connectivity index (χ0) is 13.5. The van der Waals surface area contributed by atoms with E-state index in [1.165, 1.54) is 12.1 Å². The molecule has 1 N–H and O–H groups in total. The zero-order valence-corrected chi connectivity index (χ0v) is 11.2. The van der Waals surface area contributed by atoms with Gasteiger partial charge in [-0.25, -0.2) is 4.39 Å². The second-order valence-electron chi connectivity index (χ2n) is 4.66. The van der Waals surface area contributed by atoms with Crippen LogP contribution in [0.25, 0.3) is 0 Å². The van der Waals surface area contributed by atoms with Crippen molar-refractivity contribution in [3.8, 4) is 5.75 Å². The number of hydrogen-bond acceptors (Lipinski definition) is 2. The molecule has 2 nitrogen and oxygen atoms in total. The quantitative estimate of drug-likeness (QED) is 0.756. The summed E-state index contributed by atoms with van der Waals surface area (Å²) in [5, 5.41) is 3.23. The van der Waals surface area contributed by atoms with Crippen molar-refractivity contribution in [3.05, 3.63) is 29.8 Å². The number of nitrogens with one attached hydrogen (secondary N) is 1. The topological polar surface area (TPSA) is 21.3 Å². The first kappa shape index (κ1) is 14.9. The molecule has 0 radical (unpaired) electrons. The Hall–Kier alpha value is -1.16. The summed E-state index contributed by atoms with van der Waals surface area (Å²) in [4.78, 5) is 0. The molecule has 0 amide bonds. The van der Waals surface area contributed by atoms with E-state index in [9.17, 15) is 8.78 Å². The van der Waals surface area contributed by atoms with Crippen LogP contribution in [0.15, 0.2) is 18.2 Å². The van der Waals surface area contributed by atoms with Gasteiger partial charge < -0.3 is 10.1 Å². The SMILES string of the molecule is CCCNCC(Oc1cccc(F)c1F)C(C)C. The molecule has 0 fully saturated rings. The van der Waals surface area contributed by atoms with Gasteiger partial charge in [0.05, 0.1) is 0 Å². The summed E-state index contributed by atoms with van der Waals surface area (Å²) < 4.78 is 32.1. The highest BCUT2D eigenvalue weighted by Gasteiger charge is 2.18. The highest BCUT2D eigenvalue weighted by molar-refractivity contribution is 5.25. The van der Waals surface area contributed by atoms with Gasteiger partial charge in [0.1, 0.15) is 6.10 Å². The van der Waals surface area contributed by atoms with Crippen molar-refractivity contribution in [1.82, 2.24) is 5.32 Å². The molecule has 102 valence electrons. The van der Waals surface area contributed by atoms with Gasteiger partial charge in [-0.1, -0.05) is 26.8 Å². The molecule has 0 spiro atoms. The molecule has 1 rings (SSSR count). The number of ether oxygens (including phenoxy) is 1. The summed E-state index contributed by atoms with van der Waals surface area (Å²) in [6, 6.07) is 3.99. The molecule has 0 aromatic heterocycles. The van der Waals surface area contributed by atoms with Crippen LogP contribution in [0.1, 0.15) is 27.2 Å². The predicted octanol–water partition coefficient (Wildman–Crippen LogP) is 3.37. The van der Waals surface area contributed by atoms with Gasteiger partial charge in [-0.3, -0.25) is 0 Å². The predicted molar refractivity (Wildman–Crippen MR) is 68.8 cm³/mol. The van der Waals surface area contributed by atoms with Gasteiger partial charge in [-0.15, -0.1) is 0 Å². The van der Waals surface area contributed by atoms with Crippen LogP contribution in [0.3, 0.4) is 0 Å². The van der Waals surface area contributed by atoms with Gasteiger partial charge in [0.2, 0.25) is 5.82 Å². The molecular formula is C14H21F2NO. The molecule has 0 bridgehead atoms. The molecule has 0 aliphatic carbocycles. The van der Waals surface area contributed by atoms with E-state index in [0.29, 0.717) is 6.54 Å². The Bertz CT molecular complexity index is 369. The van der Waals surface area contributed by atoms with Crippen molar-refractivity contribution in [2.75, 3.05) is 13.1 Å². The van der Waals surface area contributed by atoms with E-state index >= 15 is 0 Å². The molecule has 4 heteroatoms. The third-order valence-electron chi connectivity index (χ3n) is 2.71. The first-order valence-corrected chi connectivity index (χ1v) is 6.37. The van der Waals surface area contributed by atoms with Crippen LogP contribution in [-0.4, -0.2) is 19.2 Å². The van der Waals surface area contributed by atoms with Gasteiger partial charge in [0, 0.05) is 6.54 Å². The van der Waals surface area contributed by atoms with Crippen LogP contribution in [0.4, 0.5) is 8.78 Å². The third-order valence-corrected chi connectivity index (χ3v) is 2.71. The minimum atomic E-state index is -0.918. The van der Waals surface area contributed by atoms with Crippen molar-refractivity contribution in [1.29, 1.82) is 0 Å². The minimum absolute atomic E-state index is 0.0213. The van der Waals surface area contributed by atoms with Gasteiger partial charge in [0.25, 0.3) is 0 Å². The average Bonchev–Trinajstić information content (AvgIpc) is 2.33. The lowest BCUT2D eigenvalue weighted by Crippen LogP contribution is -2.36. The van der Waals surface area contributed by atoms with Crippen molar-refractivity contribution in [2.24, 2.45) is 5.92 Å². The second-order valence-corrected chi connectivity index (χ2v) is 4.66. The standard InChI is InChI=1S/C14H21F2NO/c1-4-8-17-9-13(10(2)3)18-12-7-5-6-11(15)14(12)16/h5-7,10,13,17H,4,8-9H2,1-3H3. The normalized spacial score (nSPS) is 12.8. The fourth-order valence-corrected chi connectivity index (χ4v) is 1.57. The molecule has 1 unspecified atom stereocenters. The van der Waals surface area contributed by atoms with E-state index in [-0.39, 0.29) is 17.8 Å². The minimum Gasteiger partial charge on any atom is -0.486 e.